The van der Waals surface area contributed by atoms with Gasteiger partial charge in [-0.05, 0) is 29.8 Å². The van der Waals surface area contributed by atoms with Crippen molar-refractivity contribution in [1.29, 1.82) is 0 Å². The smallest absolute Gasteiger partial charge is 0.226 e. The Bertz CT molecular complexity index is 926. The fourth-order valence-electron chi connectivity index (χ4n) is 2.90. The van der Waals surface area contributed by atoms with Gasteiger partial charge in [-0.2, -0.15) is 0 Å². The average molecular weight is 343 g/mol. The summed E-state index contributed by atoms with van der Waals surface area (Å²) in [5.41, 5.74) is 2.31. The molecule has 1 N–H and O–H groups in total. The first kappa shape index (κ1) is 14.8. The molecule has 1 aliphatic rings. The highest BCUT2D eigenvalue weighted by Crippen LogP contribution is 2.37. The molecule has 0 aliphatic carbocycles. The van der Waals surface area contributed by atoms with Crippen LogP contribution in [0.1, 0.15) is 23.6 Å². The number of carbonyl (C=O) groups is 1. The third-order valence-electron chi connectivity index (χ3n) is 4.04. The highest BCUT2D eigenvalue weighted by atomic mass is 35.5. The van der Waals surface area contributed by atoms with Crippen LogP contribution in [-0.4, -0.2) is 20.4 Å². The SMILES string of the molecule is O=C1C[C@H](c2cccnc2)c2ncn(-c3ccc(F)c(Cl)c3)c2N1. The summed E-state index contributed by atoms with van der Waals surface area (Å²) in [4.78, 5) is 20.7. The summed E-state index contributed by atoms with van der Waals surface area (Å²) in [7, 11) is 0. The average Bonchev–Trinajstić information content (AvgIpc) is 3.01. The van der Waals surface area contributed by atoms with Gasteiger partial charge in [0.15, 0.2) is 0 Å². The van der Waals surface area contributed by atoms with Crippen LogP contribution >= 0.6 is 11.6 Å². The van der Waals surface area contributed by atoms with E-state index in [0.29, 0.717) is 17.9 Å². The second-order valence-electron chi connectivity index (χ2n) is 5.54. The molecule has 1 aromatic carbocycles. The first-order valence-electron chi connectivity index (χ1n) is 7.36. The molecule has 0 bridgehead atoms. The van der Waals surface area contributed by atoms with Crippen LogP contribution in [0.25, 0.3) is 5.69 Å². The van der Waals surface area contributed by atoms with Gasteiger partial charge in [0.05, 0.1) is 16.4 Å². The summed E-state index contributed by atoms with van der Waals surface area (Å²) in [6, 6.07) is 8.13. The number of anilines is 1. The second-order valence-corrected chi connectivity index (χ2v) is 5.95. The number of aromatic nitrogens is 3. The zero-order valence-electron chi connectivity index (χ0n) is 12.4. The Hall–Kier alpha value is -2.73. The predicted molar refractivity (Wildman–Crippen MR) is 87.9 cm³/mol. The lowest BCUT2D eigenvalue weighted by Crippen LogP contribution is -2.25. The van der Waals surface area contributed by atoms with Gasteiger partial charge < -0.3 is 5.32 Å². The quantitative estimate of drug-likeness (QED) is 0.775. The topological polar surface area (TPSA) is 59.8 Å². The van der Waals surface area contributed by atoms with E-state index in [1.807, 2.05) is 12.1 Å². The number of halogens is 2. The maximum Gasteiger partial charge on any atom is 0.226 e. The van der Waals surface area contributed by atoms with Crippen LogP contribution in [0.5, 0.6) is 0 Å². The molecule has 0 saturated heterocycles. The minimum absolute atomic E-state index is 0.0147. The first-order chi connectivity index (χ1) is 11.6. The van der Waals surface area contributed by atoms with Crippen molar-refractivity contribution in [2.24, 2.45) is 0 Å². The number of rotatable bonds is 2. The molecule has 1 aliphatic heterocycles. The molecule has 24 heavy (non-hydrogen) atoms. The van der Waals surface area contributed by atoms with Crippen molar-refractivity contribution in [2.75, 3.05) is 5.32 Å². The molecule has 0 unspecified atom stereocenters. The number of carbonyl (C=O) groups excluding carboxylic acids is 1. The number of imidazole rings is 1. The van der Waals surface area contributed by atoms with Gasteiger partial charge in [0.2, 0.25) is 5.91 Å². The zero-order chi connectivity index (χ0) is 16.7. The summed E-state index contributed by atoms with van der Waals surface area (Å²) in [5, 5.41) is 2.86. The van der Waals surface area contributed by atoms with Gasteiger partial charge in [0, 0.05) is 24.7 Å². The maximum absolute atomic E-state index is 13.4. The summed E-state index contributed by atoms with van der Waals surface area (Å²) in [5.74, 6) is -0.194. The third kappa shape index (κ3) is 2.45. The van der Waals surface area contributed by atoms with Crippen LogP contribution in [-0.2, 0) is 4.79 Å². The maximum atomic E-state index is 13.4. The number of nitrogens with zero attached hydrogens (tertiary/aromatic N) is 3. The fourth-order valence-corrected chi connectivity index (χ4v) is 3.07. The van der Waals surface area contributed by atoms with Gasteiger partial charge in [0.25, 0.3) is 0 Å². The minimum atomic E-state index is -0.494. The Morgan fingerprint density at radius 1 is 1.33 bits per heavy atom. The van der Waals surface area contributed by atoms with Crippen molar-refractivity contribution in [1.82, 2.24) is 14.5 Å². The van der Waals surface area contributed by atoms with Gasteiger partial charge in [-0.3, -0.25) is 14.3 Å². The summed E-state index contributed by atoms with van der Waals surface area (Å²) >= 11 is 5.86. The van der Waals surface area contributed by atoms with Crippen molar-refractivity contribution in [3.8, 4) is 5.69 Å². The van der Waals surface area contributed by atoms with E-state index < -0.39 is 5.82 Å². The molecular weight excluding hydrogens is 331 g/mol. The van der Waals surface area contributed by atoms with Crippen LogP contribution in [0.2, 0.25) is 5.02 Å². The Morgan fingerprint density at radius 3 is 2.96 bits per heavy atom. The summed E-state index contributed by atoms with van der Waals surface area (Å²) < 4.78 is 15.1. The van der Waals surface area contributed by atoms with Gasteiger partial charge >= 0.3 is 0 Å². The lowest BCUT2D eigenvalue weighted by molar-refractivity contribution is -0.116. The normalized spacial score (nSPS) is 16.6. The Kier molecular flexibility index (Phi) is 3.54. The molecule has 3 heterocycles. The molecule has 2 aromatic heterocycles. The summed E-state index contributed by atoms with van der Waals surface area (Å²) in [6.07, 6.45) is 5.33. The first-order valence-corrected chi connectivity index (χ1v) is 7.73. The van der Waals surface area contributed by atoms with Gasteiger partial charge in [-0.1, -0.05) is 17.7 Å². The molecule has 120 valence electrons. The summed E-state index contributed by atoms with van der Waals surface area (Å²) in [6.45, 7) is 0. The molecule has 3 aromatic rings. The van der Waals surface area contributed by atoms with Gasteiger partial charge in [0.1, 0.15) is 18.0 Å². The van der Waals surface area contributed by atoms with Crippen molar-refractivity contribution in [2.45, 2.75) is 12.3 Å². The van der Waals surface area contributed by atoms with Gasteiger partial charge in [-0.15, -0.1) is 0 Å². The van der Waals surface area contributed by atoms with E-state index in [1.54, 1.807) is 29.4 Å². The number of nitrogens with one attached hydrogen (secondary N) is 1. The zero-order valence-corrected chi connectivity index (χ0v) is 13.2. The van der Waals surface area contributed by atoms with Gasteiger partial charge in [-0.25, -0.2) is 9.37 Å². The van der Waals surface area contributed by atoms with Crippen molar-refractivity contribution in [3.63, 3.8) is 0 Å². The van der Waals surface area contributed by atoms with Crippen LogP contribution in [0, 0.1) is 5.82 Å². The van der Waals surface area contributed by atoms with Crippen molar-refractivity contribution in [3.05, 3.63) is 71.2 Å². The van der Waals surface area contributed by atoms with E-state index in [2.05, 4.69) is 15.3 Å². The number of fused-ring (bicyclic) bond motifs is 1. The number of benzene rings is 1. The van der Waals surface area contributed by atoms with Crippen molar-refractivity contribution >= 4 is 23.3 Å². The molecule has 0 radical (unpaired) electrons. The lowest BCUT2D eigenvalue weighted by atomic mass is 9.91. The van der Waals surface area contributed by atoms with E-state index in [9.17, 15) is 9.18 Å². The van der Waals surface area contributed by atoms with Crippen LogP contribution in [0.15, 0.2) is 49.1 Å². The van der Waals surface area contributed by atoms with E-state index in [4.69, 9.17) is 11.6 Å². The molecule has 4 rings (SSSR count). The number of hydrogen-bond donors (Lipinski definition) is 1. The molecule has 1 atom stereocenters. The van der Waals surface area contributed by atoms with Crippen LogP contribution in [0.3, 0.4) is 0 Å². The molecule has 0 fully saturated rings. The van der Waals surface area contributed by atoms with Crippen LogP contribution < -0.4 is 5.32 Å². The Labute approximate surface area is 142 Å². The van der Waals surface area contributed by atoms with E-state index in [1.165, 1.54) is 12.1 Å². The number of hydrogen-bond acceptors (Lipinski definition) is 3. The van der Waals surface area contributed by atoms with E-state index >= 15 is 0 Å². The Morgan fingerprint density at radius 2 is 2.21 bits per heavy atom. The standard InChI is InChI=1S/C17H12ClFN4O/c18-13-6-11(3-4-14(13)19)23-9-21-16-12(7-15(24)22-17(16)23)10-2-1-5-20-8-10/h1-6,8-9,12H,7H2,(H,22,24)/t12-/m1/s1. The molecule has 5 nitrogen and oxygen atoms in total. The third-order valence-corrected chi connectivity index (χ3v) is 4.33. The molecule has 7 heteroatoms. The largest absolute Gasteiger partial charge is 0.310 e. The lowest BCUT2D eigenvalue weighted by Gasteiger charge is -2.23. The van der Waals surface area contributed by atoms with Crippen LogP contribution in [0.4, 0.5) is 10.2 Å². The Balaban J connectivity index is 1.83. The molecule has 0 spiro atoms. The molecule has 0 saturated carbocycles. The molecule has 1 amide bonds. The number of pyridine rings is 1. The van der Waals surface area contributed by atoms with Crippen molar-refractivity contribution < 1.29 is 9.18 Å². The number of amides is 1. The van der Waals surface area contributed by atoms with E-state index in [-0.39, 0.29) is 16.8 Å². The fraction of sp³-hybridized carbons (Fsp3) is 0.118. The highest BCUT2D eigenvalue weighted by molar-refractivity contribution is 6.30. The monoisotopic (exact) mass is 342 g/mol. The minimum Gasteiger partial charge on any atom is -0.310 e. The highest BCUT2D eigenvalue weighted by Gasteiger charge is 2.31. The van der Waals surface area contributed by atoms with E-state index in [0.717, 1.165) is 11.3 Å². The predicted octanol–water partition coefficient (Wildman–Crippen LogP) is 3.53. The molecular formula is C17H12ClFN4O. The second kappa shape index (κ2) is 5.72.